The Kier molecular flexibility index (Phi) is 4.14. The van der Waals surface area contributed by atoms with Gasteiger partial charge in [0.25, 0.3) is 0 Å². The fraction of sp³-hybridized carbons (Fsp3) is 0.316. The van der Waals surface area contributed by atoms with Gasteiger partial charge in [-0.25, -0.2) is 0 Å². The Hall–Kier alpha value is -2.29. The molecule has 3 heteroatoms. The molecular formula is C19H22N2O. The quantitative estimate of drug-likeness (QED) is 0.882. The van der Waals surface area contributed by atoms with E-state index in [0.29, 0.717) is 6.04 Å². The average Bonchev–Trinajstić information content (AvgIpc) is 3.28. The highest BCUT2D eigenvalue weighted by Crippen LogP contribution is 2.25. The summed E-state index contributed by atoms with van der Waals surface area (Å²) in [5.74, 6) is 0.0489. The van der Waals surface area contributed by atoms with Crippen molar-refractivity contribution < 1.29 is 4.79 Å². The highest BCUT2D eigenvalue weighted by molar-refractivity contribution is 5.86. The fourth-order valence-electron chi connectivity index (χ4n) is 2.68. The maximum absolute atomic E-state index is 12.6. The van der Waals surface area contributed by atoms with Gasteiger partial charge in [0.05, 0.1) is 0 Å². The van der Waals surface area contributed by atoms with Crippen LogP contribution in [0.25, 0.3) is 0 Å². The molecule has 0 radical (unpaired) electrons. The van der Waals surface area contributed by atoms with Crippen molar-refractivity contribution in [1.82, 2.24) is 5.32 Å². The van der Waals surface area contributed by atoms with Gasteiger partial charge in [0, 0.05) is 11.7 Å². The first-order valence-electron chi connectivity index (χ1n) is 7.82. The normalized spacial score (nSPS) is 15.2. The van der Waals surface area contributed by atoms with Crippen LogP contribution in [0.15, 0.2) is 48.5 Å². The van der Waals surface area contributed by atoms with Gasteiger partial charge >= 0.3 is 0 Å². The molecule has 114 valence electrons. The van der Waals surface area contributed by atoms with Crippen molar-refractivity contribution in [2.75, 3.05) is 5.32 Å². The van der Waals surface area contributed by atoms with E-state index in [9.17, 15) is 4.79 Å². The van der Waals surface area contributed by atoms with E-state index in [1.807, 2.05) is 30.3 Å². The van der Waals surface area contributed by atoms with Crippen molar-refractivity contribution in [3.63, 3.8) is 0 Å². The van der Waals surface area contributed by atoms with E-state index in [1.165, 1.54) is 11.1 Å². The minimum atomic E-state index is -0.358. The van der Waals surface area contributed by atoms with Crippen LogP contribution in [0.2, 0.25) is 0 Å². The fourth-order valence-corrected chi connectivity index (χ4v) is 2.68. The maximum Gasteiger partial charge on any atom is 0.247 e. The molecule has 0 unspecified atom stereocenters. The summed E-state index contributed by atoms with van der Waals surface area (Å²) < 4.78 is 0. The first-order valence-corrected chi connectivity index (χ1v) is 7.82. The first-order chi connectivity index (χ1) is 10.6. The highest BCUT2D eigenvalue weighted by Gasteiger charge is 2.28. The summed E-state index contributed by atoms with van der Waals surface area (Å²) in [7, 11) is 0. The molecule has 2 aromatic rings. The Morgan fingerprint density at radius 3 is 2.27 bits per heavy atom. The lowest BCUT2D eigenvalue weighted by molar-refractivity contribution is -0.122. The van der Waals surface area contributed by atoms with Crippen LogP contribution in [0.5, 0.6) is 0 Å². The Labute approximate surface area is 131 Å². The summed E-state index contributed by atoms with van der Waals surface area (Å²) in [5.41, 5.74) is 4.35. The van der Waals surface area contributed by atoms with E-state index < -0.39 is 0 Å². The molecule has 0 heterocycles. The molecule has 2 N–H and O–H groups in total. The molecule has 1 amide bonds. The third-order valence-corrected chi connectivity index (χ3v) is 3.85. The zero-order chi connectivity index (χ0) is 15.5. The van der Waals surface area contributed by atoms with Crippen molar-refractivity contribution in [1.29, 1.82) is 0 Å². The molecule has 1 saturated carbocycles. The number of benzene rings is 2. The second-order valence-corrected chi connectivity index (χ2v) is 6.15. The summed E-state index contributed by atoms with van der Waals surface area (Å²) in [6, 6.07) is 16.2. The Morgan fingerprint density at radius 1 is 1.05 bits per heavy atom. The standard InChI is InChI=1S/C19H22N2O/c1-13-10-14(2)12-17(11-13)20-18(15-6-4-3-5-7-15)19(22)21-16-8-9-16/h3-7,10-12,16,18,20H,8-9H2,1-2H3,(H,21,22)/t18-/m0/s1. The van der Waals surface area contributed by atoms with Gasteiger partial charge in [0.2, 0.25) is 5.91 Å². The molecule has 1 fully saturated rings. The van der Waals surface area contributed by atoms with Gasteiger partial charge in [0.15, 0.2) is 0 Å². The van der Waals surface area contributed by atoms with E-state index in [2.05, 4.69) is 42.7 Å². The molecule has 22 heavy (non-hydrogen) atoms. The van der Waals surface area contributed by atoms with Gasteiger partial charge in [-0.05, 0) is 55.5 Å². The predicted molar refractivity (Wildman–Crippen MR) is 89.9 cm³/mol. The lowest BCUT2D eigenvalue weighted by Crippen LogP contribution is -2.34. The number of amides is 1. The van der Waals surface area contributed by atoms with Crippen molar-refractivity contribution in [3.8, 4) is 0 Å². The second kappa shape index (κ2) is 6.22. The SMILES string of the molecule is Cc1cc(C)cc(N[C@H](C(=O)NC2CC2)c2ccccc2)c1. The van der Waals surface area contributed by atoms with Crippen LogP contribution in [-0.4, -0.2) is 11.9 Å². The summed E-state index contributed by atoms with van der Waals surface area (Å²) in [6.07, 6.45) is 2.19. The van der Waals surface area contributed by atoms with Gasteiger partial charge in [-0.1, -0.05) is 36.4 Å². The van der Waals surface area contributed by atoms with Crippen LogP contribution < -0.4 is 10.6 Å². The van der Waals surface area contributed by atoms with Gasteiger partial charge in [-0.15, -0.1) is 0 Å². The Balaban J connectivity index is 1.85. The first kappa shape index (κ1) is 14.6. The molecule has 0 bridgehead atoms. The lowest BCUT2D eigenvalue weighted by Gasteiger charge is -2.20. The number of carbonyl (C=O) groups excluding carboxylic acids is 1. The van der Waals surface area contributed by atoms with Crippen LogP contribution in [-0.2, 0) is 4.79 Å². The summed E-state index contributed by atoms with van der Waals surface area (Å²) in [4.78, 5) is 12.6. The number of hydrogen-bond donors (Lipinski definition) is 2. The van der Waals surface area contributed by atoms with E-state index in [-0.39, 0.29) is 11.9 Å². The second-order valence-electron chi connectivity index (χ2n) is 6.15. The number of anilines is 1. The highest BCUT2D eigenvalue weighted by atomic mass is 16.2. The van der Waals surface area contributed by atoms with Crippen LogP contribution >= 0.6 is 0 Å². The van der Waals surface area contributed by atoms with Crippen molar-refractivity contribution in [3.05, 3.63) is 65.2 Å². The number of rotatable bonds is 5. The van der Waals surface area contributed by atoms with Crippen molar-refractivity contribution in [2.45, 2.75) is 38.8 Å². The largest absolute Gasteiger partial charge is 0.370 e. The Bertz CT molecular complexity index is 642. The molecule has 3 nitrogen and oxygen atoms in total. The molecule has 0 saturated heterocycles. The van der Waals surface area contributed by atoms with Crippen LogP contribution in [0.3, 0.4) is 0 Å². The summed E-state index contributed by atoms with van der Waals surface area (Å²) in [6.45, 7) is 4.14. The zero-order valence-corrected chi connectivity index (χ0v) is 13.1. The van der Waals surface area contributed by atoms with Gasteiger partial charge < -0.3 is 10.6 Å². The lowest BCUT2D eigenvalue weighted by atomic mass is 10.0. The number of nitrogens with one attached hydrogen (secondary N) is 2. The topological polar surface area (TPSA) is 41.1 Å². The van der Waals surface area contributed by atoms with Gasteiger partial charge in [0.1, 0.15) is 6.04 Å². The van der Waals surface area contributed by atoms with E-state index in [4.69, 9.17) is 0 Å². The molecular weight excluding hydrogens is 272 g/mol. The van der Waals surface area contributed by atoms with Crippen molar-refractivity contribution in [2.24, 2.45) is 0 Å². The number of carbonyl (C=O) groups is 1. The summed E-state index contributed by atoms with van der Waals surface area (Å²) in [5, 5.41) is 6.50. The number of hydrogen-bond acceptors (Lipinski definition) is 2. The van der Waals surface area contributed by atoms with Gasteiger partial charge in [-0.2, -0.15) is 0 Å². The van der Waals surface area contributed by atoms with Crippen LogP contribution in [0, 0.1) is 13.8 Å². The maximum atomic E-state index is 12.6. The summed E-state index contributed by atoms with van der Waals surface area (Å²) >= 11 is 0. The molecule has 1 aliphatic carbocycles. The van der Waals surface area contributed by atoms with Crippen molar-refractivity contribution >= 4 is 11.6 Å². The third-order valence-electron chi connectivity index (χ3n) is 3.85. The molecule has 0 aliphatic heterocycles. The zero-order valence-electron chi connectivity index (χ0n) is 13.1. The minimum absolute atomic E-state index is 0.0489. The smallest absolute Gasteiger partial charge is 0.247 e. The predicted octanol–water partition coefficient (Wildman–Crippen LogP) is 3.74. The van der Waals surface area contributed by atoms with Gasteiger partial charge in [-0.3, -0.25) is 4.79 Å². The molecule has 3 rings (SSSR count). The molecule has 1 aliphatic rings. The molecule has 0 spiro atoms. The molecule has 2 aromatic carbocycles. The van der Waals surface area contributed by atoms with E-state index in [0.717, 1.165) is 24.1 Å². The van der Waals surface area contributed by atoms with Crippen LogP contribution in [0.4, 0.5) is 5.69 Å². The molecule has 1 atom stereocenters. The monoisotopic (exact) mass is 294 g/mol. The average molecular weight is 294 g/mol. The number of aryl methyl sites for hydroxylation is 2. The van der Waals surface area contributed by atoms with E-state index >= 15 is 0 Å². The molecule has 0 aromatic heterocycles. The Morgan fingerprint density at radius 2 is 1.68 bits per heavy atom. The third kappa shape index (κ3) is 3.67. The minimum Gasteiger partial charge on any atom is -0.370 e. The van der Waals surface area contributed by atoms with E-state index in [1.54, 1.807) is 0 Å². The van der Waals surface area contributed by atoms with Crippen LogP contribution in [0.1, 0.15) is 35.6 Å².